The normalized spacial score (nSPS) is 26.5. The quantitative estimate of drug-likeness (QED) is 0.832. The molecule has 0 aliphatic heterocycles. The van der Waals surface area contributed by atoms with Gasteiger partial charge in [0.15, 0.2) is 0 Å². The maximum Gasteiger partial charge on any atom is 0.0130 e. The van der Waals surface area contributed by atoms with Crippen LogP contribution < -0.4 is 5.73 Å². The fourth-order valence-electron chi connectivity index (χ4n) is 2.35. The number of hydrogen-bond acceptors (Lipinski definition) is 1. The molecule has 0 radical (unpaired) electrons. The zero-order chi connectivity index (χ0) is 10.7. The van der Waals surface area contributed by atoms with Gasteiger partial charge in [-0.1, -0.05) is 12.1 Å². The summed E-state index contributed by atoms with van der Waals surface area (Å²) in [4.78, 5) is 0. The first kappa shape index (κ1) is 11.4. The van der Waals surface area contributed by atoms with E-state index in [4.69, 9.17) is 5.73 Å². The first-order valence-corrected chi connectivity index (χ1v) is 6.82. The van der Waals surface area contributed by atoms with Gasteiger partial charge < -0.3 is 5.73 Å². The van der Waals surface area contributed by atoms with Crippen LogP contribution in [0.15, 0.2) is 24.3 Å². The molecule has 2 N–H and O–H groups in total. The fourth-order valence-corrected chi connectivity index (χ4v) is 2.71. The van der Waals surface area contributed by atoms with Gasteiger partial charge >= 0.3 is 0 Å². The molecule has 1 aromatic carbocycles. The van der Waals surface area contributed by atoms with Crippen molar-refractivity contribution in [2.75, 3.05) is 0 Å². The van der Waals surface area contributed by atoms with E-state index in [-0.39, 0.29) is 0 Å². The highest BCUT2D eigenvalue weighted by atomic mass is 127. The predicted molar refractivity (Wildman–Crippen MR) is 72.8 cm³/mol. The molecule has 1 aliphatic rings. The lowest BCUT2D eigenvalue weighted by Crippen LogP contribution is -2.27. The number of benzene rings is 1. The Bertz CT molecular complexity index is 299. The summed E-state index contributed by atoms with van der Waals surface area (Å²) in [5.74, 6) is 0.866. The molecule has 0 atom stereocenters. The Morgan fingerprint density at radius 3 is 2.27 bits per heavy atom. The van der Waals surface area contributed by atoms with Crippen LogP contribution in [0, 0.1) is 9.49 Å². The third-order valence-corrected chi connectivity index (χ3v) is 4.05. The summed E-state index contributed by atoms with van der Waals surface area (Å²) >= 11 is 2.35. The minimum atomic E-state index is 0.470. The van der Waals surface area contributed by atoms with Crippen LogP contribution in [0.4, 0.5) is 0 Å². The molecule has 1 nitrogen and oxygen atoms in total. The second-order valence-corrected chi connectivity index (χ2v) is 5.86. The van der Waals surface area contributed by atoms with Crippen molar-refractivity contribution in [3.8, 4) is 0 Å². The molecule has 0 spiro atoms. The van der Waals surface area contributed by atoms with Gasteiger partial charge in [-0.3, -0.25) is 0 Å². The summed E-state index contributed by atoms with van der Waals surface area (Å²) in [6.45, 7) is 0. The van der Waals surface area contributed by atoms with Gasteiger partial charge in [-0.2, -0.15) is 0 Å². The van der Waals surface area contributed by atoms with Gasteiger partial charge in [-0.05, 0) is 78.3 Å². The molecule has 1 aromatic rings. The van der Waals surface area contributed by atoms with Gasteiger partial charge in [-0.25, -0.2) is 0 Å². The standard InChI is InChI=1S/C13H18IN/c14-12-5-1-10(2-6-12)9-11-3-7-13(15)8-4-11/h1-2,5-6,11,13H,3-4,7-9,15H2. The number of rotatable bonds is 2. The van der Waals surface area contributed by atoms with Gasteiger partial charge in [0.2, 0.25) is 0 Å². The van der Waals surface area contributed by atoms with Crippen molar-refractivity contribution in [1.29, 1.82) is 0 Å². The molecule has 0 amide bonds. The molecular formula is C13H18IN. The molecule has 15 heavy (non-hydrogen) atoms. The van der Waals surface area contributed by atoms with E-state index in [1.807, 2.05) is 0 Å². The van der Waals surface area contributed by atoms with E-state index in [2.05, 4.69) is 46.9 Å². The second kappa shape index (κ2) is 5.30. The van der Waals surface area contributed by atoms with E-state index in [0.29, 0.717) is 6.04 Å². The molecule has 0 unspecified atom stereocenters. The lowest BCUT2D eigenvalue weighted by atomic mass is 9.83. The van der Waals surface area contributed by atoms with E-state index in [0.717, 1.165) is 5.92 Å². The molecule has 0 saturated heterocycles. The summed E-state index contributed by atoms with van der Waals surface area (Å²) in [5.41, 5.74) is 7.39. The minimum absolute atomic E-state index is 0.470. The molecule has 0 heterocycles. The highest BCUT2D eigenvalue weighted by Crippen LogP contribution is 2.26. The number of halogens is 1. The fraction of sp³-hybridized carbons (Fsp3) is 0.538. The lowest BCUT2D eigenvalue weighted by molar-refractivity contribution is 0.325. The van der Waals surface area contributed by atoms with Gasteiger partial charge in [-0.15, -0.1) is 0 Å². The molecule has 2 rings (SSSR count). The highest BCUT2D eigenvalue weighted by molar-refractivity contribution is 14.1. The number of nitrogens with two attached hydrogens (primary N) is 1. The van der Waals surface area contributed by atoms with Crippen LogP contribution in [-0.4, -0.2) is 6.04 Å². The molecule has 82 valence electrons. The SMILES string of the molecule is NC1CCC(Cc2ccc(I)cc2)CC1. The van der Waals surface area contributed by atoms with Gasteiger partial charge in [0.25, 0.3) is 0 Å². The summed E-state index contributed by atoms with van der Waals surface area (Å²) < 4.78 is 1.32. The van der Waals surface area contributed by atoms with E-state index in [1.54, 1.807) is 0 Å². The van der Waals surface area contributed by atoms with Crippen molar-refractivity contribution in [2.24, 2.45) is 11.7 Å². The molecular weight excluding hydrogens is 297 g/mol. The summed E-state index contributed by atoms with van der Waals surface area (Å²) in [7, 11) is 0. The van der Waals surface area contributed by atoms with Crippen molar-refractivity contribution < 1.29 is 0 Å². The topological polar surface area (TPSA) is 26.0 Å². The average molecular weight is 315 g/mol. The maximum atomic E-state index is 5.91. The minimum Gasteiger partial charge on any atom is -0.328 e. The zero-order valence-corrected chi connectivity index (χ0v) is 11.1. The molecule has 1 saturated carbocycles. The van der Waals surface area contributed by atoms with Gasteiger partial charge in [0.05, 0.1) is 0 Å². The molecule has 0 aromatic heterocycles. The van der Waals surface area contributed by atoms with E-state index in [9.17, 15) is 0 Å². The summed E-state index contributed by atoms with van der Waals surface area (Å²) in [6, 6.07) is 9.39. The van der Waals surface area contributed by atoms with Crippen molar-refractivity contribution in [2.45, 2.75) is 38.1 Å². The Balaban J connectivity index is 1.89. The van der Waals surface area contributed by atoms with Crippen molar-refractivity contribution in [3.63, 3.8) is 0 Å². The third kappa shape index (κ3) is 3.45. The van der Waals surface area contributed by atoms with Crippen LogP contribution in [0.1, 0.15) is 31.2 Å². The zero-order valence-electron chi connectivity index (χ0n) is 8.95. The van der Waals surface area contributed by atoms with Gasteiger partial charge in [0, 0.05) is 9.61 Å². The average Bonchev–Trinajstić information content (AvgIpc) is 2.25. The Hall–Kier alpha value is -0.0900. The van der Waals surface area contributed by atoms with Crippen LogP contribution in [-0.2, 0) is 6.42 Å². The Morgan fingerprint density at radius 2 is 1.67 bits per heavy atom. The highest BCUT2D eigenvalue weighted by Gasteiger charge is 2.18. The van der Waals surface area contributed by atoms with Crippen LogP contribution in [0.3, 0.4) is 0 Å². The van der Waals surface area contributed by atoms with Crippen LogP contribution in [0.5, 0.6) is 0 Å². The van der Waals surface area contributed by atoms with Crippen LogP contribution in [0.2, 0.25) is 0 Å². The lowest BCUT2D eigenvalue weighted by Gasteiger charge is -2.26. The largest absolute Gasteiger partial charge is 0.328 e. The first-order chi connectivity index (χ1) is 7.24. The van der Waals surface area contributed by atoms with Crippen molar-refractivity contribution in [3.05, 3.63) is 33.4 Å². The predicted octanol–water partition coefficient (Wildman–Crippen LogP) is 3.35. The maximum absolute atomic E-state index is 5.91. The summed E-state index contributed by atoms with van der Waals surface area (Å²) in [6.07, 6.45) is 6.30. The van der Waals surface area contributed by atoms with E-state index in [1.165, 1.54) is 41.2 Å². The van der Waals surface area contributed by atoms with Gasteiger partial charge in [0.1, 0.15) is 0 Å². The smallest absolute Gasteiger partial charge is 0.0130 e. The van der Waals surface area contributed by atoms with Crippen LogP contribution >= 0.6 is 22.6 Å². The summed E-state index contributed by atoms with van der Waals surface area (Å²) in [5, 5.41) is 0. The van der Waals surface area contributed by atoms with Crippen molar-refractivity contribution in [1.82, 2.24) is 0 Å². The first-order valence-electron chi connectivity index (χ1n) is 5.74. The monoisotopic (exact) mass is 315 g/mol. The van der Waals surface area contributed by atoms with E-state index < -0.39 is 0 Å². The Morgan fingerprint density at radius 1 is 1.07 bits per heavy atom. The number of hydrogen-bond donors (Lipinski definition) is 1. The molecule has 2 heteroatoms. The molecule has 1 fully saturated rings. The molecule has 0 bridgehead atoms. The Labute approximate surface area is 106 Å². The molecule has 1 aliphatic carbocycles. The van der Waals surface area contributed by atoms with Crippen molar-refractivity contribution >= 4 is 22.6 Å². The Kier molecular flexibility index (Phi) is 4.03. The second-order valence-electron chi connectivity index (χ2n) is 4.61. The van der Waals surface area contributed by atoms with Crippen LogP contribution in [0.25, 0.3) is 0 Å². The third-order valence-electron chi connectivity index (χ3n) is 3.33. The van der Waals surface area contributed by atoms with E-state index >= 15 is 0 Å².